The Morgan fingerprint density at radius 3 is 2.83 bits per heavy atom. The number of thiazole rings is 1. The van der Waals surface area contributed by atoms with Gasteiger partial charge in [0.1, 0.15) is 5.75 Å². The van der Waals surface area contributed by atoms with E-state index in [0.717, 1.165) is 46.1 Å². The molecule has 0 spiro atoms. The van der Waals surface area contributed by atoms with E-state index < -0.39 is 0 Å². The van der Waals surface area contributed by atoms with E-state index in [1.807, 2.05) is 29.2 Å². The number of fused-ring (bicyclic) bond motifs is 1. The van der Waals surface area contributed by atoms with E-state index in [0.29, 0.717) is 13.0 Å². The summed E-state index contributed by atoms with van der Waals surface area (Å²) in [5, 5.41) is 0.720. The van der Waals surface area contributed by atoms with Gasteiger partial charge in [0.25, 0.3) is 0 Å². The summed E-state index contributed by atoms with van der Waals surface area (Å²) in [4.78, 5) is 19.9. The highest BCUT2D eigenvalue weighted by atomic mass is 32.1. The van der Waals surface area contributed by atoms with Crippen molar-refractivity contribution in [2.75, 3.05) is 25.2 Å². The van der Waals surface area contributed by atoms with Crippen LogP contribution in [-0.2, 0) is 16.0 Å². The van der Waals surface area contributed by atoms with Crippen molar-refractivity contribution in [1.29, 1.82) is 0 Å². The van der Waals surface area contributed by atoms with Crippen LogP contribution in [0.4, 0.5) is 5.13 Å². The lowest BCUT2D eigenvalue weighted by atomic mass is 10.0. The molecule has 6 heteroatoms. The molecule has 2 aromatic carbocycles. The molecule has 0 bridgehead atoms. The molecule has 0 N–H and O–H groups in total. The lowest BCUT2D eigenvalue weighted by molar-refractivity contribution is -0.118. The van der Waals surface area contributed by atoms with Gasteiger partial charge in [-0.3, -0.25) is 9.69 Å². The first-order chi connectivity index (χ1) is 14.0. The van der Waals surface area contributed by atoms with Crippen molar-refractivity contribution in [1.82, 2.24) is 4.98 Å². The van der Waals surface area contributed by atoms with Crippen molar-refractivity contribution in [2.24, 2.45) is 0 Å². The summed E-state index contributed by atoms with van der Waals surface area (Å²) >= 11 is 1.52. The van der Waals surface area contributed by atoms with Gasteiger partial charge in [0, 0.05) is 6.61 Å². The molecule has 0 aliphatic carbocycles. The molecule has 0 saturated carbocycles. The standard InChI is InChI=1S/C23H26N2O3S/c1-15-6-7-17(11-16(15)2)12-22(26)25(14-19-5-4-10-28-19)23-24-20-9-8-18(27-3)13-21(20)29-23/h6-9,11,13,19H,4-5,10,12,14H2,1-3H3. The van der Waals surface area contributed by atoms with Crippen molar-refractivity contribution in [3.8, 4) is 5.75 Å². The fourth-order valence-corrected chi connectivity index (χ4v) is 4.62. The van der Waals surface area contributed by atoms with Crippen LogP contribution in [0.3, 0.4) is 0 Å². The number of methoxy groups -OCH3 is 1. The summed E-state index contributed by atoms with van der Waals surface area (Å²) in [6, 6.07) is 12.0. The number of hydrogen-bond acceptors (Lipinski definition) is 5. The Kier molecular flexibility index (Phi) is 5.83. The zero-order valence-electron chi connectivity index (χ0n) is 17.1. The first-order valence-electron chi connectivity index (χ1n) is 9.96. The van der Waals surface area contributed by atoms with Gasteiger partial charge in [-0.25, -0.2) is 4.98 Å². The first kappa shape index (κ1) is 19.9. The van der Waals surface area contributed by atoms with E-state index in [1.54, 1.807) is 7.11 Å². The summed E-state index contributed by atoms with van der Waals surface area (Å²) in [7, 11) is 1.65. The molecule has 0 radical (unpaired) electrons. The Morgan fingerprint density at radius 2 is 2.10 bits per heavy atom. The highest BCUT2D eigenvalue weighted by Crippen LogP contribution is 2.32. The summed E-state index contributed by atoms with van der Waals surface area (Å²) in [5.74, 6) is 0.842. The second-order valence-electron chi connectivity index (χ2n) is 7.56. The van der Waals surface area contributed by atoms with Gasteiger partial charge in [0.05, 0.1) is 36.4 Å². The van der Waals surface area contributed by atoms with Crippen LogP contribution in [0.5, 0.6) is 5.75 Å². The quantitative estimate of drug-likeness (QED) is 0.592. The van der Waals surface area contributed by atoms with Crippen LogP contribution in [0.15, 0.2) is 36.4 Å². The second kappa shape index (κ2) is 8.51. The van der Waals surface area contributed by atoms with Gasteiger partial charge >= 0.3 is 0 Å². The Labute approximate surface area is 175 Å². The van der Waals surface area contributed by atoms with Gasteiger partial charge in [-0.1, -0.05) is 29.5 Å². The molecule has 1 aliphatic rings. The van der Waals surface area contributed by atoms with Crippen molar-refractivity contribution < 1.29 is 14.3 Å². The van der Waals surface area contributed by atoms with E-state index in [-0.39, 0.29) is 12.0 Å². The zero-order valence-corrected chi connectivity index (χ0v) is 17.9. The molecule has 5 nitrogen and oxygen atoms in total. The fourth-order valence-electron chi connectivity index (χ4n) is 3.60. The average molecular weight is 411 g/mol. The lowest BCUT2D eigenvalue weighted by Crippen LogP contribution is -2.38. The van der Waals surface area contributed by atoms with Gasteiger partial charge in [-0.05, 0) is 61.6 Å². The maximum atomic E-state index is 13.3. The van der Waals surface area contributed by atoms with Crippen LogP contribution in [-0.4, -0.2) is 37.3 Å². The summed E-state index contributed by atoms with van der Waals surface area (Å²) < 4.78 is 12.1. The number of anilines is 1. The summed E-state index contributed by atoms with van der Waals surface area (Å²) in [6.45, 7) is 5.47. The smallest absolute Gasteiger partial charge is 0.233 e. The van der Waals surface area contributed by atoms with E-state index in [2.05, 4.69) is 26.0 Å². The zero-order chi connectivity index (χ0) is 20.4. The average Bonchev–Trinajstić information content (AvgIpc) is 3.37. The van der Waals surface area contributed by atoms with Gasteiger partial charge in [-0.15, -0.1) is 0 Å². The van der Waals surface area contributed by atoms with E-state index >= 15 is 0 Å². The molecule has 4 rings (SSSR count). The molecular formula is C23H26N2O3S. The molecule has 1 unspecified atom stereocenters. The number of nitrogens with zero attached hydrogens (tertiary/aromatic N) is 2. The molecule has 1 fully saturated rings. The predicted octanol–water partition coefficient (Wildman–Crippen LogP) is 4.68. The van der Waals surface area contributed by atoms with Gasteiger partial charge in [0.15, 0.2) is 5.13 Å². The Hall–Kier alpha value is -2.44. The van der Waals surface area contributed by atoms with Crippen molar-refractivity contribution in [3.05, 3.63) is 53.1 Å². The number of rotatable bonds is 6. The molecule has 29 heavy (non-hydrogen) atoms. The number of benzene rings is 2. The normalized spacial score (nSPS) is 16.3. The third-order valence-electron chi connectivity index (χ3n) is 5.45. The van der Waals surface area contributed by atoms with Crippen LogP contribution in [0.2, 0.25) is 0 Å². The third kappa shape index (κ3) is 4.43. The van der Waals surface area contributed by atoms with E-state index in [1.165, 1.54) is 22.5 Å². The molecule has 152 valence electrons. The number of carbonyl (C=O) groups excluding carboxylic acids is 1. The van der Waals surface area contributed by atoms with Crippen LogP contribution in [0.25, 0.3) is 10.2 Å². The van der Waals surface area contributed by atoms with Crippen LogP contribution >= 0.6 is 11.3 Å². The number of ether oxygens (including phenoxy) is 2. The molecule has 1 aliphatic heterocycles. The van der Waals surface area contributed by atoms with Crippen LogP contribution in [0, 0.1) is 13.8 Å². The summed E-state index contributed by atoms with van der Waals surface area (Å²) in [6.07, 6.45) is 2.44. The minimum absolute atomic E-state index is 0.0507. The monoisotopic (exact) mass is 410 g/mol. The highest BCUT2D eigenvalue weighted by Gasteiger charge is 2.26. The molecular weight excluding hydrogens is 384 g/mol. The molecule has 2 heterocycles. The molecule has 1 amide bonds. The van der Waals surface area contributed by atoms with E-state index in [4.69, 9.17) is 14.5 Å². The van der Waals surface area contributed by atoms with Gasteiger partial charge in [-0.2, -0.15) is 0 Å². The van der Waals surface area contributed by atoms with Gasteiger partial charge in [0.2, 0.25) is 5.91 Å². The lowest BCUT2D eigenvalue weighted by Gasteiger charge is -2.23. The van der Waals surface area contributed by atoms with Crippen molar-refractivity contribution in [2.45, 2.75) is 39.2 Å². The van der Waals surface area contributed by atoms with E-state index in [9.17, 15) is 4.79 Å². The maximum absolute atomic E-state index is 13.3. The maximum Gasteiger partial charge on any atom is 0.233 e. The topological polar surface area (TPSA) is 51.7 Å². The third-order valence-corrected chi connectivity index (χ3v) is 6.49. The Bertz CT molecular complexity index is 1020. The number of hydrogen-bond donors (Lipinski definition) is 0. The number of carbonyl (C=O) groups is 1. The Morgan fingerprint density at radius 1 is 1.24 bits per heavy atom. The SMILES string of the molecule is COc1ccc2nc(N(CC3CCCO3)C(=O)Cc3ccc(C)c(C)c3)sc2c1. The molecule has 1 aromatic heterocycles. The number of aryl methyl sites for hydroxylation is 2. The predicted molar refractivity (Wildman–Crippen MR) is 117 cm³/mol. The number of aromatic nitrogens is 1. The second-order valence-corrected chi connectivity index (χ2v) is 8.57. The first-order valence-corrected chi connectivity index (χ1v) is 10.8. The minimum Gasteiger partial charge on any atom is -0.497 e. The van der Waals surface area contributed by atoms with Crippen LogP contribution < -0.4 is 9.64 Å². The highest BCUT2D eigenvalue weighted by molar-refractivity contribution is 7.22. The molecule has 3 aromatic rings. The van der Waals surface area contributed by atoms with Gasteiger partial charge < -0.3 is 9.47 Å². The minimum atomic E-state index is 0.0507. The largest absolute Gasteiger partial charge is 0.497 e. The number of amides is 1. The molecule has 1 atom stereocenters. The van der Waals surface area contributed by atoms with Crippen molar-refractivity contribution in [3.63, 3.8) is 0 Å². The van der Waals surface area contributed by atoms with Crippen molar-refractivity contribution >= 4 is 32.6 Å². The summed E-state index contributed by atoms with van der Waals surface area (Å²) in [5.41, 5.74) is 4.34. The fraction of sp³-hybridized carbons (Fsp3) is 0.391. The molecule has 1 saturated heterocycles. The van der Waals surface area contributed by atoms with Crippen LogP contribution in [0.1, 0.15) is 29.5 Å². The Balaban J connectivity index is 1.63.